The first-order valence-corrected chi connectivity index (χ1v) is 5.41. The lowest BCUT2D eigenvalue weighted by Crippen LogP contribution is -1.92. The Morgan fingerprint density at radius 2 is 2.11 bits per heavy atom. The first-order valence-electron chi connectivity index (χ1n) is 5.41. The molecule has 0 amide bonds. The summed E-state index contributed by atoms with van der Waals surface area (Å²) in [4.78, 5) is 14.4. The average Bonchev–Trinajstić information content (AvgIpc) is 2.82. The molecule has 2 heterocycles. The second-order valence-electron chi connectivity index (χ2n) is 3.90. The highest BCUT2D eigenvalue weighted by atomic mass is 16.6. The van der Waals surface area contributed by atoms with Crippen LogP contribution >= 0.6 is 0 Å². The van der Waals surface area contributed by atoms with Gasteiger partial charge in [0.25, 0.3) is 5.69 Å². The van der Waals surface area contributed by atoms with E-state index < -0.39 is 0 Å². The molecule has 0 saturated carbocycles. The van der Waals surface area contributed by atoms with Gasteiger partial charge in [0.2, 0.25) is 0 Å². The van der Waals surface area contributed by atoms with E-state index in [1.165, 1.54) is 6.07 Å². The van der Waals surface area contributed by atoms with E-state index in [9.17, 15) is 10.1 Å². The summed E-state index contributed by atoms with van der Waals surface area (Å²) in [5.41, 5.74) is 1.96. The number of nitro benzene ring substituents is 1. The van der Waals surface area contributed by atoms with Gasteiger partial charge in [-0.05, 0) is 24.3 Å². The van der Waals surface area contributed by atoms with Gasteiger partial charge in [-0.15, -0.1) is 0 Å². The predicted octanol–water partition coefficient (Wildman–Crippen LogP) is 2.93. The zero-order chi connectivity index (χ0) is 12.5. The Bertz CT molecular complexity index is 719. The summed E-state index contributed by atoms with van der Waals surface area (Å²) in [5, 5.41) is 11.6. The summed E-state index contributed by atoms with van der Waals surface area (Å²) >= 11 is 0. The molecule has 3 rings (SSSR count). The Kier molecular flexibility index (Phi) is 2.30. The number of aromatic nitrogens is 2. The van der Waals surface area contributed by atoms with Gasteiger partial charge in [-0.1, -0.05) is 0 Å². The molecule has 18 heavy (non-hydrogen) atoms. The fourth-order valence-corrected chi connectivity index (χ4v) is 1.96. The van der Waals surface area contributed by atoms with E-state index in [0.717, 1.165) is 16.6 Å². The molecule has 0 saturated heterocycles. The van der Waals surface area contributed by atoms with E-state index in [4.69, 9.17) is 0 Å². The Balaban J connectivity index is 2.19. The lowest BCUT2D eigenvalue weighted by atomic mass is 10.2. The smallest absolute Gasteiger partial charge is 0.270 e. The second kappa shape index (κ2) is 3.96. The van der Waals surface area contributed by atoms with Gasteiger partial charge >= 0.3 is 0 Å². The highest BCUT2D eigenvalue weighted by Gasteiger charge is 2.09. The molecule has 3 aromatic rings. The van der Waals surface area contributed by atoms with E-state index in [1.54, 1.807) is 24.5 Å². The molecule has 88 valence electrons. The third-order valence-corrected chi connectivity index (χ3v) is 2.81. The normalized spacial score (nSPS) is 10.7. The van der Waals surface area contributed by atoms with Crippen LogP contribution in [0.3, 0.4) is 0 Å². The van der Waals surface area contributed by atoms with E-state index in [2.05, 4.69) is 4.98 Å². The molecule has 5 heteroatoms. The van der Waals surface area contributed by atoms with Crippen molar-refractivity contribution in [2.24, 2.45) is 0 Å². The molecular formula is C13H9N3O2. The van der Waals surface area contributed by atoms with Crippen LogP contribution in [0.25, 0.3) is 16.6 Å². The highest BCUT2D eigenvalue weighted by molar-refractivity contribution is 5.84. The van der Waals surface area contributed by atoms with Crippen LogP contribution in [-0.4, -0.2) is 14.5 Å². The Morgan fingerprint density at radius 1 is 1.22 bits per heavy atom. The van der Waals surface area contributed by atoms with Gasteiger partial charge in [-0.2, -0.15) is 0 Å². The molecule has 0 atom stereocenters. The number of hydrogen-bond donors (Lipinski definition) is 0. The minimum atomic E-state index is -0.388. The SMILES string of the molecule is O=[N+]([O-])c1ccc2c(ccn2-c2cccnc2)c1. The van der Waals surface area contributed by atoms with Crippen molar-refractivity contribution in [3.8, 4) is 5.69 Å². The zero-order valence-electron chi connectivity index (χ0n) is 9.35. The van der Waals surface area contributed by atoms with Crippen molar-refractivity contribution < 1.29 is 4.92 Å². The number of rotatable bonds is 2. The summed E-state index contributed by atoms with van der Waals surface area (Å²) in [6.07, 6.45) is 5.34. The highest BCUT2D eigenvalue weighted by Crippen LogP contribution is 2.24. The molecule has 0 aliphatic heterocycles. The number of hydrogen-bond acceptors (Lipinski definition) is 3. The third-order valence-electron chi connectivity index (χ3n) is 2.81. The largest absolute Gasteiger partial charge is 0.315 e. The number of fused-ring (bicyclic) bond motifs is 1. The van der Waals surface area contributed by atoms with E-state index >= 15 is 0 Å². The predicted molar refractivity (Wildman–Crippen MR) is 67.7 cm³/mol. The number of non-ortho nitro benzene ring substituents is 1. The Morgan fingerprint density at radius 3 is 2.83 bits per heavy atom. The van der Waals surface area contributed by atoms with Crippen LogP contribution < -0.4 is 0 Å². The van der Waals surface area contributed by atoms with Crippen molar-refractivity contribution in [1.82, 2.24) is 9.55 Å². The van der Waals surface area contributed by atoms with Crippen molar-refractivity contribution in [3.05, 3.63) is 65.1 Å². The third kappa shape index (κ3) is 1.62. The van der Waals surface area contributed by atoms with Crippen LogP contribution in [0.2, 0.25) is 0 Å². The van der Waals surface area contributed by atoms with Crippen molar-refractivity contribution in [2.45, 2.75) is 0 Å². The fourth-order valence-electron chi connectivity index (χ4n) is 1.96. The Hall–Kier alpha value is -2.69. The quantitative estimate of drug-likeness (QED) is 0.510. The van der Waals surface area contributed by atoms with Gasteiger partial charge in [0.1, 0.15) is 0 Å². The van der Waals surface area contributed by atoms with Crippen LogP contribution in [0.5, 0.6) is 0 Å². The van der Waals surface area contributed by atoms with Crippen molar-refractivity contribution >= 4 is 16.6 Å². The first kappa shape index (κ1) is 10.5. The lowest BCUT2D eigenvalue weighted by molar-refractivity contribution is -0.384. The zero-order valence-corrected chi connectivity index (χ0v) is 9.35. The number of nitrogens with zero attached hydrogens (tertiary/aromatic N) is 3. The fraction of sp³-hybridized carbons (Fsp3) is 0. The van der Waals surface area contributed by atoms with E-state index in [0.29, 0.717) is 0 Å². The van der Waals surface area contributed by atoms with Gasteiger partial charge in [0.15, 0.2) is 0 Å². The summed E-state index contributed by atoms with van der Waals surface area (Å²) in [6.45, 7) is 0. The Labute approximate surface area is 102 Å². The number of benzene rings is 1. The molecule has 0 fully saturated rings. The molecule has 0 spiro atoms. The molecule has 1 aromatic carbocycles. The van der Waals surface area contributed by atoms with Crippen LogP contribution in [-0.2, 0) is 0 Å². The van der Waals surface area contributed by atoms with Gasteiger partial charge in [0.05, 0.1) is 22.3 Å². The molecule has 0 N–H and O–H groups in total. The molecule has 5 nitrogen and oxygen atoms in total. The molecule has 2 aromatic heterocycles. The molecule has 0 unspecified atom stereocenters. The first-order chi connectivity index (χ1) is 8.75. The summed E-state index contributed by atoms with van der Waals surface area (Å²) < 4.78 is 1.95. The van der Waals surface area contributed by atoms with Gasteiger partial charge < -0.3 is 4.57 Å². The summed E-state index contributed by atoms with van der Waals surface area (Å²) in [5.74, 6) is 0. The van der Waals surface area contributed by atoms with Crippen LogP contribution in [0, 0.1) is 10.1 Å². The molecular weight excluding hydrogens is 230 g/mol. The van der Waals surface area contributed by atoms with Crippen molar-refractivity contribution in [1.29, 1.82) is 0 Å². The molecule has 0 aliphatic carbocycles. The van der Waals surface area contributed by atoms with Crippen LogP contribution in [0.1, 0.15) is 0 Å². The van der Waals surface area contributed by atoms with Crippen molar-refractivity contribution in [2.75, 3.05) is 0 Å². The maximum Gasteiger partial charge on any atom is 0.270 e. The van der Waals surface area contributed by atoms with Gasteiger partial charge in [-0.25, -0.2) is 0 Å². The van der Waals surface area contributed by atoms with Crippen LogP contribution in [0.4, 0.5) is 5.69 Å². The summed E-state index contributed by atoms with van der Waals surface area (Å²) in [6, 6.07) is 10.5. The van der Waals surface area contributed by atoms with Gasteiger partial charge in [0, 0.05) is 29.9 Å². The minimum Gasteiger partial charge on any atom is -0.315 e. The van der Waals surface area contributed by atoms with Crippen molar-refractivity contribution in [3.63, 3.8) is 0 Å². The number of pyridine rings is 1. The van der Waals surface area contributed by atoms with E-state index in [-0.39, 0.29) is 10.6 Å². The second-order valence-corrected chi connectivity index (χ2v) is 3.90. The maximum atomic E-state index is 10.7. The average molecular weight is 239 g/mol. The molecule has 0 aliphatic rings. The molecule has 0 radical (unpaired) electrons. The topological polar surface area (TPSA) is 61.0 Å². The maximum absolute atomic E-state index is 10.7. The van der Waals surface area contributed by atoms with E-state index in [1.807, 2.05) is 29.0 Å². The summed E-state index contributed by atoms with van der Waals surface area (Å²) in [7, 11) is 0. The number of nitro groups is 1. The molecule has 0 bridgehead atoms. The standard InChI is InChI=1S/C13H9N3O2/c17-16(18)11-3-4-13-10(8-11)5-7-15(13)12-2-1-6-14-9-12/h1-9H. The minimum absolute atomic E-state index is 0.103. The lowest BCUT2D eigenvalue weighted by Gasteiger charge is -2.03. The van der Waals surface area contributed by atoms with Crippen LogP contribution in [0.15, 0.2) is 55.0 Å². The van der Waals surface area contributed by atoms with Gasteiger partial charge in [-0.3, -0.25) is 15.1 Å². The monoisotopic (exact) mass is 239 g/mol.